The minimum absolute atomic E-state index is 0. The van der Waals surface area contributed by atoms with Gasteiger partial charge in [-0.25, -0.2) is 4.98 Å². The van der Waals surface area contributed by atoms with E-state index < -0.39 is 0 Å². The standard InChI is InChI=1S/C19H27N3O3S.ClH/c1-12(2)10-25-16-6-5-14(9-17(16)24-4)13(3)21-19(23)15-11-26-18(22-15)7-8-20;/h5-6,9,11-13H,7-8,10,20H2,1-4H3,(H,21,23);1H. The van der Waals surface area contributed by atoms with E-state index in [2.05, 4.69) is 24.1 Å². The smallest absolute Gasteiger partial charge is 0.271 e. The number of ether oxygens (including phenoxy) is 2. The fraction of sp³-hybridized carbons (Fsp3) is 0.474. The van der Waals surface area contributed by atoms with Crippen LogP contribution in [0.5, 0.6) is 11.5 Å². The van der Waals surface area contributed by atoms with Crippen molar-refractivity contribution in [1.29, 1.82) is 0 Å². The number of hydrogen-bond acceptors (Lipinski definition) is 6. The van der Waals surface area contributed by atoms with Gasteiger partial charge in [-0.05, 0) is 37.1 Å². The Morgan fingerprint density at radius 3 is 2.67 bits per heavy atom. The van der Waals surface area contributed by atoms with Gasteiger partial charge in [0.2, 0.25) is 0 Å². The third-order valence-corrected chi connectivity index (χ3v) is 4.66. The van der Waals surface area contributed by atoms with Crippen LogP contribution in [0, 0.1) is 5.92 Å². The Labute approximate surface area is 170 Å². The van der Waals surface area contributed by atoms with Crippen molar-refractivity contribution in [2.75, 3.05) is 20.3 Å². The zero-order valence-electron chi connectivity index (χ0n) is 16.2. The van der Waals surface area contributed by atoms with Crippen molar-refractivity contribution in [2.45, 2.75) is 33.2 Å². The van der Waals surface area contributed by atoms with Gasteiger partial charge in [0.05, 0.1) is 24.8 Å². The molecule has 0 spiro atoms. The first-order valence-corrected chi connectivity index (χ1v) is 9.58. The van der Waals surface area contributed by atoms with Crippen LogP contribution < -0.4 is 20.5 Å². The highest BCUT2D eigenvalue weighted by atomic mass is 35.5. The summed E-state index contributed by atoms with van der Waals surface area (Å²) in [5, 5.41) is 5.60. The number of hydrogen-bond donors (Lipinski definition) is 2. The van der Waals surface area contributed by atoms with Crippen LogP contribution in [0.25, 0.3) is 0 Å². The van der Waals surface area contributed by atoms with Crippen LogP contribution in [0.2, 0.25) is 0 Å². The molecular formula is C19H28ClN3O3S. The van der Waals surface area contributed by atoms with Gasteiger partial charge in [0.1, 0.15) is 5.69 Å². The Morgan fingerprint density at radius 1 is 1.30 bits per heavy atom. The summed E-state index contributed by atoms with van der Waals surface area (Å²) in [5.41, 5.74) is 6.88. The molecule has 0 aliphatic carbocycles. The van der Waals surface area contributed by atoms with E-state index >= 15 is 0 Å². The lowest BCUT2D eigenvalue weighted by Gasteiger charge is -2.17. The Balaban J connectivity index is 0.00000364. The summed E-state index contributed by atoms with van der Waals surface area (Å²) in [6.07, 6.45) is 0.683. The zero-order valence-corrected chi connectivity index (χ0v) is 17.8. The summed E-state index contributed by atoms with van der Waals surface area (Å²) >= 11 is 1.45. The van der Waals surface area contributed by atoms with Crippen molar-refractivity contribution in [3.8, 4) is 11.5 Å². The van der Waals surface area contributed by atoms with Crippen LogP contribution in [-0.2, 0) is 6.42 Å². The average Bonchev–Trinajstić information content (AvgIpc) is 3.08. The van der Waals surface area contributed by atoms with Gasteiger partial charge in [0, 0.05) is 11.8 Å². The van der Waals surface area contributed by atoms with Crippen LogP contribution >= 0.6 is 23.7 Å². The molecule has 0 radical (unpaired) electrons. The zero-order chi connectivity index (χ0) is 19.1. The Hall–Kier alpha value is -1.83. The quantitative estimate of drug-likeness (QED) is 0.655. The minimum Gasteiger partial charge on any atom is -0.493 e. The molecule has 3 N–H and O–H groups in total. The largest absolute Gasteiger partial charge is 0.493 e. The van der Waals surface area contributed by atoms with Gasteiger partial charge in [-0.1, -0.05) is 19.9 Å². The number of carbonyl (C=O) groups is 1. The molecule has 1 heterocycles. The number of nitrogens with two attached hydrogens (primary N) is 1. The lowest BCUT2D eigenvalue weighted by Crippen LogP contribution is -2.27. The molecule has 8 heteroatoms. The first-order chi connectivity index (χ1) is 12.4. The number of nitrogens with one attached hydrogen (secondary N) is 1. The van der Waals surface area contributed by atoms with Gasteiger partial charge in [-0.2, -0.15) is 0 Å². The van der Waals surface area contributed by atoms with Gasteiger partial charge in [-0.3, -0.25) is 4.79 Å². The molecule has 1 atom stereocenters. The monoisotopic (exact) mass is 413 g/mol. The summed E-state index contributed by atoms with van der Waals surface area (Å²) in [5.74, 6) is 1.59. The van der Waals surface area contributed by atoms with E-state index in [-0.39, 0.29) is 24.4 Å². The first-order valence-electron chi connectivity index (χ1n) is 8.70. The molecule has 0 aliphatic heterocycles. The summed E-state index contributed by atoms with van der Waals surface area (Å²) < 4.78 is 11.2. The van der Waals surface area contributed by atoms with Crippen LogP contribution in [0.3, 0.4) is 0 Å². The molecule has 1 aromatic carbocycles. The van der Waals surface area contributed by atoms with Gasteiger partial charge in [0.15, 0.2) is 11.5 Å². The third-order valence-electron chi connectivity index (χ3n) is 3.75. The van der Waals surface area contributed by atoms with Crippen molar-refractivity contribution in [3.63, 3.8) is 0 Å². The Kier molecular flexibility index (Phi) is 9.55. The highest BCUT2D eigenvalue weighted by molar-refractivity contribution is 7.09. The van der Waals surface area contributed by atoms with Gasteiger partial charge < -0.3 is 20.5 Å². The van der Waals surface area contributed by atoms with E-state index in [0.717, 1.165) is 10.6 Å². The third kappa shape index (κ3) is 6.68. The topological polar surface area (TPSA) is 86.5 Å². The van der Waals surface area contributed by atoms with Crippen molar-refractivity contribution >= 4 is 29.7 Å². The lowest BCUT2D eigenvalue weighted by molar-refractivity contribution is 0.0935. The van der Waals surface area contributed by atoms with Crippen molar-refractivity contribution in [1.82, 2.24) is 10.3 Å². The van der Waals surface area contributed by atoms with E-state index in [1.54, 1.807) is 12.5 Å². The van der Waals surface area contributed by atoms with E-state index in [0.29, 0.717) is 42.7 Å². The molecule has 1 aromatic heterocycles. The first kappa shape index (κ1) is 23.2. The van der Waals surface area contributed by atoms with E-state index in [1.807, 2.05) is 25.1 Å². The molecule has 0 fully saturated rings. The van der Waals surface area contributed by atoms with Crippen LogP contribution in [0.15, 0.2) is 23.6 Å². The van der Waals surface area contributed by atoms with Crippen molar-refractivity contribution < 1.29 is 14.3 Å². The molecule has 2 aromatic rings. The van der Waals surface area contributed by atoms with E-state index in [1.165, 1.54) is 11.3 Å². The fourth-order valence-electron chi connectivity index (χ4n) is 2.34. The number of halogens is 1. The predicted octanol–water partition coefficient (Wildman–Crippen LogP) is 3.60. The second kappa shape index (κ2) is 11.1. The lowest BCUT2D eigenvalue weighted by atomic mass is 10.1. The predicted molar refractivity (Wildman–Crippen MR) is 111 cm³/mol. The highest BCUT2D eigenvalue weighted by Gasteiger charge is 2.16. The highest BCUT2D eigenvalue weighted by Crippen LogP contribution is 2.30. The van der Waals surface area contributed by atoms with Crippen LogP contribution in [-0.4, -0.2) is 31.2 Å². The average molecular weight is 414 g/mol. The second-order valence-corrected chi connectivity index (χ2v) is 7.42. The summed E-state index contributed by atoms with van der Waals surface area (Å²) in [7, 11) is 1.61. The van der Waals surface area contributed by atoms with E-state index in [4.69, 9.17) is 15.2 Å². The molecule has 27 heavy (non-hydrogen) atoms. The molecule has 0 saturated carbocycles. The number of thiazole rings is 1. The number of amides is 1. The molecule has 0 aliphatic rings. The SMILES string of the molecule is COc1cc(C(C)NC(=O)c2csc(CCN)n2)ccc1OCC(C)C.Cl. The number of methoxy groups -OCH3 is 1. The Bertz CT molecular complexity index is 737. The number of aromatic nitrogens is 1. The number of benzene rings is 1. The molecule has 6 nitrogen and oxygen atoms in total. The van der Waals surface area contributed by atoms with Crippen LogP contribution in [0.1, 0.15) is 47.9 Å². The maximum Gasteiger partial charge on any atom is 0.271 e. The Morgan fingerprint density at radius 2 is 2.04 bits per heavy atom. The maximum atomic E-state index is 12.4. The molecule has 0 saturated heterocycles. The number of rotatable bonds is 9. The van der Waals surface area contributed by atoms with Gasteiger partial charge in [0.25, 0.3) is 5.91 Å². The minimum atomic E-state index is -0.198. The molecule has 0 bridgehead atoms. The molecule has 1 amide bonds. The fourth-order valence-corrected chi connectivity index (χ4v) is 3.13. The van der Waals surface area contributed by atoms with E-state index in [9.17, 15) is 4.79 Å². The van der Waals surface area contributed by atoms with Gasteiger partial charge >= 0.3 is 0 Å². The van der Waals surface area contributed by atoms with Gasteiger partial charge in [-0.15, -0.1) is 23.7 Å². The number of nitrogens with zero attached hydrogens (tertiary/aromatic N) is 1. The molecule has 1 unspecified atom stereocenters. The second-order valence-electron chi connectivity index (χ2n) is 6.48. The van der Waals surface area contributed by atoms with Crippen LogP contribution in [0.4, 0.5) is 0 Å². The number of carbonyl (C=O) groups excluding carboxylic acids is 1. The summed E-state index contributed by atoms with van der Waals surface area (Å²) in [6.45, 7) is 7.26. The molecule has 150 valence electrons. The summed E-state index contributed by atoms with van der Waals surface area (Å²) in [4.78, 5) is 16.7. The maximum absolute atomic E-state index is 12.4. The van der Waals surface area contributed by atoms with Crippen molar-refractivity contribution in [3.05, 3.63) is 39.8 Å². The normalized spacial score (nSPS) is 11.6. The molecule has 2 rings (SSSR count). The summed E-state index contributed by atoms with van der Waals surface area (Å²) in [6, 6.07) is 5.52. The van der Waals surface area contributed by atoms with Crippen molar-refractivity contribution in [2.24, 2.45) is 11.7 Å². The molecular weight excluding hydrogens is 386 g/mol.